The Hall–Kier alpha value is -0.680. The Bertz CT molecular complexity index is 578. The van der Waals surface area contributed by atoms with Crippen molar-refractivity contribution in [2.45, 2.75) is 67.0 Å². The zero-order chi connectivity index (χ0) is 20.8. The highest BCUT2D eigenvalue weighted by atomic mass is 16.7. The van der Waals surface area contributed by atoms with E-state index in [2.05, 4.69) is 53.7 Å². The molecule has 0 radical (unpaired) electrons. The molecule has 0 bridgehead atoms. The number of allylic oxidation sites excluding steroid dienone is 4. The van der Waals surface area contributed by atoms with Gasteiger partial charge in [-0.05, 0) is 50.4 Å². The SMILES string of the molecule is CC1=C[C@@H](C)[C@H](C2OCC3(COC([C@@H]4[C@H](C)C=C(C)C[C@@H]4C)OC3)CO2)[C@H](C)C1. The monoisotopic (exact) mass is 404 g/mol. The van der Waals surface area contributed by atoms with Crippen molar-refractivity contribution in [3.8, 4) is 0 Å². The number of rotatable bonds is 2. The lowest BCUT2D eigenvalue weighted by molar-refractivity contribution is -0.327. The van der Waals surface area contributed by atoms with Crippen LogP contribution in [-0.2, 0) is 18.9 Å². The minimum Gasteiger partial charge on any atom is -0.351 e. The average molecular weight is 405 g/mol. The molecule has 0 aromatic carbocycles. The minimum absolute atomic E-state index is 0.112. The Morgan fingerprint density at radius 2 is 1.00 bits per heavy atom. The van der Waals surface area contributed by atoms with E-state index >= 15 is 0 Å². The van der Waals surface area contributed by atoms with Crippen LogP contribution in [0.1, 0.15) is 54.4 Å². The molecule has 164 valence electrons. The zero-order valence-electron chi connectivity index (χ0n) is 19.1. The highest BCUT2D eigenvalue weighted by molar-refractivity contribution is 5.10. The van der Waals surface area contributed by atoms with E-state index in [9.17, 15) is 0 Å². The second-order valence-electron chi connectivity index (χ2n) is 10.7. The lowest BCUT2D eigenvalue weighted by atomic mass is 9.74. The zero-order valence-corrected chi connectivity index (χ0v) is 19.1. The largest absolute Gasteiger partial charge is 0.351 e. The normalized spacial score (nSPS) is 48.9. The number of hydrogen-bond donors (Lipinski definition) is 0. The standard InChI is InChI=1S/C25H40O4/c1-15-7-17(3)21(18(4)8-15)23-26-11-25(12-27-23)13-28-24(29-14-25)22-19(5)9-16(2)10-20(22)6/h7,9,17-24H,8,10-14H2,1-6H3/t17-,18-,19-,20+,21+,22-,23?,24?,25?/m1/s1. The van der Waals surface area contributed by atoms with E-state index in [1.54, 1.807) is 0 Å². The Morgan fingerprint density at radius 1 is 0.655 bits per heavy atom. The molecule has 0 amide bonds. The van der Waals surface area contributed by atoms with E-state index in [0.717, 1.165) is 12.8 Å². The molecule has 6 atom stereocenters. The van der Waals surface area contributed by atoms with Gasteiger partial charge in [0.25, 0.3) is 0 Å². The van der Waals surface area contributed by atoms with Crippen molar-refractivity contribution in [1.82, 2.24) is 0 Å². The number of hydrogen-bond acceptors (Lipinski definition) is 4. The fraction of sp³-hybridized carbons (Fsp3) is 0.840. The Labute approximate surface area is 177 Å². The molecule has 0 N–H and O–H groups in total. The van der Waals surface area contributed by atoms with Crippen LogP contribution in [-0.4, -0.2) is 39.0 Å². The van der Waals surface area contributed by atoms with E-state index in [1.807, 2.05) is 0 Å². The molecule has 2 fully saturated rings. The molecule has 2 aliphatic carbocycles. The van der Waals surface area contributed by atoms with Crippen molar-refractivity contribution in [1.29, 1.82) is 0 Å². The van der Waals surface area contributed by atoms with Crippen LogP contribution in [0.25, 0.3) is 0 Å². The molecule has 0 aromatic rings. The van der Waals surface area contributed by atoms with Crippen molar-refractivity contribution >= 4 is 0 Å². The van der Waals surface area contributed by atoms with Gasteiger partial charge in [-0.3, -0.25) is 0 Å². The van der Waals surface area contributed by atoms with E-state index in [4.69, 9.17) is 18.9 Å². The Kier molecular flexibility index (Phi) is 6.28. The van der Waals surface area contributed by atoms with Gasteiger partial charge < -0.3 is 18.9 Å². The van der Waals surface area contributed by atoms with Crippen LogP contribution in [0, 0.1) is 40.9 Å². The molecule has 4 aliphatic rings. The molecule has 2 aliphatic heterocycles. The van der Waals surface area contributed by atoms with Crippen molar-refractivity contribution in [2.75, 3.05) is 26.4 Å². The van der Waals surface area contributed by atoms with Crippen LogP contribution in [0.5, 0.6) is 0 Å². The second-order valence-corrected chi connectivity index (χ2v) is 10.7. The van der Waals surface area contributed by atoms with Crippen LogP contribution < -0.4 is 0 Å². The molecule has 0 aromatic heterocycles. The van der Waals surface area contributed by atoms with E-state index in [1.165, 1.54) is 11.1 Å². The molecule has 4 heteroatoms. The molecule has 0 unspecified atom stereocenters. The van der Waals surface area contributed by atoms with Crippen molar-refractivity contribution in [2.24, 2.45) is 40.9 Å². The van der Waals surface area contributed by atoms with Gasteiger partial charge in [0.1, 0.15) is 0 Å². The highest BCUT2D eigenvalue weighted by Gasteiger charge is 2.47. The molecule has 4 rings (SSSR count). The quantitative estimate of drug-likeness (QED) is 0.593. The molecule has 2 heterocycles. The Morgan fingerprint density at radius 3 is 1.31 bits per heavy atom. The van der Waals surface area contributed by atoms with Crippen molar-refractivity contribution < 1.29 is 18.9 Å². The van der Waals surface area contributed by atoms with Gasteiger partial charge in [0.15, 0.2) is 12.6 Å². The first kappa shape index (κ1) is 21.5. The predicted octanol–water partition coefficient (Wildman–Crippen LogP) is 5.20. The molecule has 4 nitrogen and oxygen atoms in total. The highest BCUT2D eigenvalue weighted by Crippen LogP contribution is 2.43. The van der Waals surface area contributed by atoms with Crippen molar-refractivity contribution in [3.63, 3.8) is 0 Å². The van der Waals surface area contributed by atoms with Gasteiger partial charge >= 0.3 is 0 Å². The molecule has 2 saturated heterocycles. The first-order valence-corrected chi connectivity index (χ1v) is 11.6. The van der Waals surface area contributed by atoms with Gasteiger partial charge in [-0.25, -0.2) is 0 Å². The van der Waals surface area contributed by atoms with Crippen LogP contribution in [0.15, 0.2) is 23.3 Å². The van der Waals surface area contributed by atoms with Crippen LogP contribution in [0.3, 0.4) is 0 Å². The average Bonchev–Trinajstić information content (AvgIpc) is 2.63. The summed E-state index contributed by atoms with van der Waals surface area (Å²) in [6.45, 7) is 16.4. The molecular weight excluding hydrogens is 364 g/mol. The number of ether oxygens (including phenoxy) is 4. The van der Waals surface area contributed by atoms with Gasteiger partial charge in [-0.15, -0.1) is 0 Å². The summed E-state index contributed by atoms with van der Waals surface area (Å²) in [5.74, 6) is 3.01. The van der Waals surface area contributed by atoms with Crippen LogP contribution in [0.2, 0.25) is 0 Å². The molecule has 29 heavy (non-hydrogen) atoms. The summed E-state index contributed by atoms with van der Waals surface area (Å²) in [7, 11) is 0. The van der Waals surface area contributed by atoms with Crippen LogP contribution in [0.4, 0.5) is 0 Å². The molecule has 0 saturated carbocycles. The lowest BCUT2D eigenvalue weighted by Gasteiger charge is -2.49. The van der Waals surface area contributed by atoms with Crippen molar-refractivity contribution in [3.05, 3.63) is 23.3 Å². The Balaban J connectivity index is 1.33. The molecular formula is C25H40O4. The topological polar surface area (TPSA) is 36.9 Å². The third-order valence-corrected chi connectivity index (χ3v) is 7.75. The van der Waals surface area contributed by atoms with E-state index in [0.29, 0.717) is 61.9 Å². The fourth-order valence-corrected chi connectivity index (χ4v) is 6.44. The van der Waals surface area contributed by atoms with Gasteiger partial charge in [0.2, 0.25) is 0 Å². The maximum atomic E-state index is 6.30. The fourth-order valence-electron chi connectivity index (χ4n) is 6.44. The van der Waals surface area contributed by atoms with Gasteiger partial charge in [-0.1, -0.05) is 51.0 Å². The summed E-state index contributed by atoms with van der Waals surface area (Å²) in [6.07, 6.45) is 6.84. The van der Waals surface area contributed by atoms with Crippen LogP contribution >= 0.6 is 0 Å². The summed E-state index contributed by atoms with van der Waals surface area (Å²) in [5, 5.41) is 0. The maximum Gasteiger partial charge on any atom is 0.161 e. The summed E-state index contributed by atoms with van der Waals surface area (Å²) in [4.78, 5) is 0. The summed E-state index contributed by atoms with van der Waals surface area (Å²) in [5.41, 5.74) is 2.82. The summed E-state index contributed by atoms with van der Waals surface area (Å²) >= 11 is 0. The lowest BCUT2D eigenvalue weighted by Crippen LogP contribution is -2.56. The first-order chi connectivity index (χ1) is 13.8. The molecule has 1 spiro atoms. The smallest absolute Gasteiger partial charge is 0.161 e. The predicted molar refractivity (Wildman–Crippen MR) is 114 cm³/mol. The first-order valence-electron chi connectivity index (χ1n) is 11.6. The minimum atomic E-state index is -0.160. The second kappa shape index (κ2) is 8.45. The van der Waals surface area contributed by atoms with Gasteiger partial charge in [-0.2, -0.15) is 0 Å². The van der Waals surface area contributed by atoms with E-state index in [-0.39, 0.29) is 18.0 Å². The third-order valence-electron chi connectivity index (χ3n) is 7.75. The summed E-state index contributed by atoms with van der Waals surface area (Å²) in [6, 6.07) is 0. The third kappa shape index (κ3) is 4.37. The maximum absolute atomic E-state index is 6.30. The van der Waals surface area contributed by atoms with Gasteiger partial charge in [0, 0.05) is 11.8 Å². The van der Waals surface area contributed by atoms with Gasteiger partial charge in [0.05, 0.1) is 31.8 Å². The van der Waals surface area contributed by atoms with E-state index < -0.39 is 0 Å². The summed E-state index contributed by atoms with van der Waals surface area (Å²) < 4.78 is 25.2.